The number of carbonyl (C=O) groups is 3. The Bertz CT molecular complexity index is 1860. The van der Waals surface area contributed by atoms with Crippen molar-refractivity contribution in [3.63, 3.8) is 0 Å². The van der Waals surface area contributed by atoms with Gasteiger partial charge in [-0.3, -0.25) is 14.5 Å². The van der Waals surface area contributed by atoms with Crippen molar-refractivity contribution >= 4 is 40.1 Å². The fraction of sp³-hybridized carbons (Fsp3) is 0.147. The normalized spacial score (nSPS) is 18.0. The molecule has 0 bridgehead atoms. The molecule has 2 atom stereocenters. The number of benzene rings is 4. The van der Waals surface area contributed by atoms with Gasteiger partial charge >= 0.3 is 6.03 Å². The number of aromatic amines is 1. The molecular weight excluding hydrogens is 512 g/mol. The molecule has 1 saturated heterocycles. The van der Waals surface area contributed by atoms with E-state index in [1.165, 1.54) is 4.90 Å². The van der Waals surface area contributed by atoms with E-state index in [4.69, 9.17) is 0 Å². The molecule has 4 aromatic carbocycles. The van der Waals surface area contributed by atoms with Crippen molar-refractivity contribution in [3.05, 3.63) is 131 Å². The van der Waals surface area contributed by atoms with Gasteiger partial charge in [0.2, 0.25) is 0 Å². The number of para-hydroxylation sites is 2. The summed E-state index contributed by atoms with van der Waals surface area (Å²) in [6.45, 7) is 4.00. The van der Waals surface area contributed by atoms with Crippen molar-refractivity contribution < 1.29 is 14.4 Å². The van der Waals surface area contributed by atoms with E-state index in [2.05, 4.69) is 10.3 Å². The predicted molar refractivity (Wildman–Crippen MR) is 159 cm³/mol. The highest BCUT2D eigenvalue weighted by Crippen LogP contribution is 2.45. The average Bonchev–Trinajstić information content (AvgIpc) is 3.48. The van der Waals surface area contributed by atoms with Crippen LogP contribution in [0, 0.1) is 13.8 Å². The fourth-order valence-electron chi connectivity index (χ4n) is 6.16. The summed E-state index contributed by atoms with van der Waals surface area (Å²) in [4.78, 5) is 48.3. The molecule has 3 heterocycles. The number of H-pyrrole nitrogens is 1. The van der Waals surface area contributed by atoms with Crippen LogP contribution in [-0.2, 0) is 11.2 Å². The lowest BCUT2D eigenvalue weighted by atomic mass is 9.89. The Kier molecular flexibility index (Phi) is 5.75. The van der Waals surface area contributed by atoms with Gasteiger partial charge in [-0.2, -0.15) is 0 Å². The van der Waals surface area contributed by atoms with E-state index in [0.29, 0.717) is 12.1 Å². The topological polar surface area (TPSA) is 85.5 Å². The molecule has 2 aliphatic heterocycles. The van der Waals surface area contributed by atoms with E-state index >= 15 is 0 Å². The smallest absolute Gasteiger partial charge is 0.332 e. The van der Waals surface area contributed by atoms with Crippen LogP contribution in [0.15, 0.2) is 97.1 Å². The molecule has 0 saturated carbocycles. The highest BCUT2D eigenvalue weighted by molar-refractivity contribution is 6.24. The monoisotopic (exact) mass is 540 g/mol. The van der Waals surface area contributed by atoms with Gasteiger partial charge in [-0.05, 0) is 66.4 Å². The van der Waals surface area contributed by atoms with Crippen LogP contribution in [0.25, 0.3) is 10.9 Å². The second kappa shape index (κ2) is 9.48. The van der Waals surface area contributed by atoms with Crippen molar-refractivity contribution in [2.45, 2.75) is 32.4 Å². The number of nitrogens with one attached hydrogen (secondary N) is 2. The first-order valence-electron chi connectivity index (χ1n) is 13.7. The number of imide groups is 1. The number of hydrogen-bond acceptors (Lipinski definition) is 3. The van der Waals surface area contributed by atoms with Gasteiger partial charge in [-0.25, -0.2) is 9.69 Å². The Morgan fingerprint density at radius 2 is 1.59 bits per heavy atom. The maximum atomic E-state index is 14.3. The molecule has 2 unspecified atom stereocenters. The zero-order valence-electron chi connectivity index (χ0n) is 22.7. The summed E-state index contributed by atoms with van der Waals surface area (Å²) in [5, 5.41) is 3.99. The van der Waals surface area contributed by atoms with Crippen molar-refractivity contribution in [3.8, 4) is 0 Å². The Balaban J connectivity index is 1.30. The Morgan fingerprint density at radius 1 is 0.854 bits per heavy atom. The molecule has 1 fully saturated rings. The van der Waals surface area contributed by atoms with Crippen molar-refractivity contribution in [1.82, 2.24) is 9.88 Å². The highest BCUT2D eigenvalue weighted by atomic mass is 16.2. The first kappa shape index (κ1) is 24.8. The van der Waals surface area contributed by atoms with Crippen molar-refractivity contribution in [2.24, 2.45) is 0 Å². The van der Waals surface area contributed by atoms with Crippen LogP contribution in [0.1, 0.15) is 44.3 Å². The molecule has 1 aromatic heterocycles. The van der Waals surface area contributed by atoms with E-state index < -0.39 is 18.1 Å². The summed E-state index contributed by atoms with van der Waals surface area (Å²) in [6, 6.07) is 28.7. The Labute approximate surface area is 237 Å². The van der Waals surface area contributed by atoms with Crippen LogP contribution in [-0.4, -0.2) is 33.8 Å². The molecule has 2 N–H and O–H groups in total. The number of carbonyl (C=O) groups excluding carboxylic acids is 3. The van der Waals surface area contributed by atoms with Gasteiger partial charge in [0.1, 0.15) is 12.1 Å². The van der Waals surface area contributed by atoms with E-state index in [1.807, 2.05) is 86.6 Å². The number of rotatable bonds is 4. The number of nitrogens with zero attached hydrogens (tertiary/aromatic N) is 2. The van der Waals surface area contributed by atoms with E-state index in [9.17, 15) is 14.4 Å². The minimum atomic E-state index is -0.699. The third-order valence-electron chi connectivity index (χ3n) is 8.32. The molecule has 4 amide bonds. The second-order valence-electron chi connectivity index (χ2n) is 10.7. The second-order valence-corrected chi connectivity index (χ2v) is 10.7. The van der Waals surface area contributed by atoms with Gasteiger partial charge in [-0.1, -0.05) is 66.7 Å². The standard InChI is InChI=1S/C34H28N4O3/c1-20-16-17-23(18-21(20)2)35-32(39)25-13-7-9-15-28(25)38-33(40)29-19-26-24-12-6-8-14-27(24)36-30(26)31(37(29)34(38)41)22-10-4-3-5-11-22/h3-18,29,31,36H,19H2,1-2H3,(H,35,39). The Hall–Kier alpha value is -5.17. The number of aryl methyl sites for hydroxylation is 2. The summed E-state index contributed by atoms with van der Waals surface area (Å²) in [7, 11) is 0. The van der Waals surface area contributed by atoms with E-state index in [-0.39, 0.29) is 23.1 Å². The van der Waals surface area contributed by atoms with Crippen LogP contribution in [0.2, 0.25) is 0 Å². The highest BCUT2D eigenvalue weighted by Gasteiger charge is 2.53. The summed E-state index contributed by atoms with van der Waals surface area (Å²) >= 11 is 0. The number of amides is 4. The molecule has 41 heavy (non-hydrogen) atoms. The summed E-state index contributed by atoms with van der Waals surface area (Å²) < 4.78 is 0. The number of urea groups is 1. The van der Waals surface area contributed by atoms with Gasteiger partial charge < -0.3 is 10.3 Å². The molecule has 7 rings (SSSR count). The van der Waals surface area contributed by atoms with E-state index in [0.717, 1.165) is 38.9 Å². The minimum absolute atomic E-state index is 0.257. The van der Waals surface area contributed by atoms with Crippen LogP contribution < -0.4 is 10.2 Å². The first-order chi connectivity index (χ1) is 19.9. The van der Waals surface area contributed by atoms with Crippen molar-refractivity contribution in [1.29, 1.82) is 0 Å². The quantitative estimate of drug-likeness (QED) is 0.255. The SMILES string of the molecule is Cc1ccc(NC(=O)c2ccccc2N2C(=O)C3Cc4c([nH]c5ccccc45)C(c4ccccc4)N3C2=O)cc1C. The van der Waals surface area contributed by atoms with Gasteiger partial charge in [0.25, 0.3) is 11.8 Å². The van der Waals surface area contributed by atoms with Gasteiger partial charge in [0, 0.05) is 28.7 Å². The maximum Gasteiger partial charge on any atom is 0.332 e. The van der Waals surface area contributed by atoms with Crippen LogP contribution in [0.3, 0.4) is 0 Å². The molecule has 7 nitrogen and oxygen atoms in total. The van der Waals surface area contributed by atoms with Gasteiger partial charge in [0.15, 0.2) is 0 Å². The Morgan fingerprint density at radius 3 is 2.39 bits per heavy atom. The average molecular weight is 541 g/mol. The lowest BCUT2D eigenvalue weighted by Crippen LogP contribution is -2.44. The zero-order chi connectivity index (χ0) is 28.2. The zero-order valence-corrected chi connectivity index (χ0v) is 22.7. The number of anilines is 2. The third-order valence-corrected chi connectivity index (χ3v) is 8.32. The molecule has 5 aromatic rings. The molecular formula is C34H28N4O3. The third kappa shape index (κ3) is 3.92. The molecule has 202 valence electrons. The first-order valence-corrected chi connectivity index (χ1v) is 13.7. The fourth-order valence-corrected chi connectivity index (χ4v) is 6.16. The largest absolute Gasteiger partial charge is 0.356 e. The lowest BCUT2D eigenvalue weighted by molar-refractivity contribution is -0.120. The van der Waals surface area contributed by atoms with Gasteiger partial charge in [0.05, 0.1) is 11.3 Å². The van der Waals surface area contributed by atoms with Crippen LogP contribution in [0.4, 0.5) is 16.2 Å². The summed E-state index contributed by atoms with van der Waals surface area (Å²) in [5.74, 6) is -0.719. The van der Waals surface area contributed by atoms with Crippen molar-refractivity contribution in [2.75, 3.05) is 10.2 Å². The molecule has 0 spiro atoms. The molecule has 0 radical (unpaired) electrons. The number of hydrogen-bond donors (Lipinski definition) is 2. The van der Waals surface area contributed by atoms with Crippen LogP contribution >= 0.6 is 0 Å². The maximum absolute atomic E-state index is 14.3. The lowest BCUT2D eigenvalue weighted by Gasteiger charge is -2.36. The van der Waals surface area contributed by atoms with Gasteiger partial charge in [-0.15, -0.1) is 0 Å². The predicted octanol–water partition coefficient (Wildman–Crippen LogP) is 6.52. The van der Waals surface area contributed by atoms with E-state index in [1.54, 1.807) is 29.2 Å². The molecule has 7 heteroatoms. The molecule has 2 aliphatic rings. The molecule has 0 aliphatic carbocycles. The van der Waals surface area contributed by atoms with Crippen LogP contribution in [0.5, 0.6) is 0 Å². The minimum Gasteiger partial charge on any atom is -0.356 e. The number of aromatic nitrogens is 1. The summed E-state index contributed by atoms with van der Waals surface area (Å²) in [5.41, 5.74) is 7.21. The summed E-state index contributed by atoms with van der Waals surface area (Å²) in [6.07, 6.45) is 0.390. The number of fused-ring (bicyclic) bond motifs is 4.